The molecule has 0 fully saturated rings. The van der Waals surface area contributed by atoms with Crippen LogP contribution in [0, 0.1) is 5.41 Å². The predicted molar refractivity (Wildman–Crippen MR) is 92.4 cm³/mol. The van der Waals surface area contributed by atoms with Gasteiger partial charge in [-0.15, -0.1) is 0 Å². The molecule has 0 saturated heterocycles. The first-order valence-electron chi connectivity index (χ1n) is 7.38. The van der Waals surface area contributed by atoms with E-state index in [2.05, 4.69) is 27.6 Å². The highest BCUT2D eigenvalue weighted by atomic mass is 79.9. The molecule has 5 heteroatoms. The third-order valence-corrected chi connectivity index (χ3v) is 5.46. The van der Waals surface area contributed by atoms with E-state index in [-0.39, 0.29) is 11.5 Å². The van der Waals surface area contributed by atoms with Gasteiger partial charge < -0.3 is 0 Å². The van der Waals surface area contributed by atoms with Crippen molar-refractivity contribution >= 4 is 26.0 Å². The summed E-state index contributed by atoms with van der Waals surface area (Å²) in [5.74, 6) is 0. The summed E-state index contributed by atoms with van der Waals surface area (Å²) in [6, 6.07) is 7.09. The van der Waals surface area contributed by atoms with Crippen molar-refractivity contribution in [3.8, 4) is 0 Å². The van der Waals surface area contributed by atoms with Crippen LogP contribution in [0.15, 0.2) is 29.2 Å². The highest BCUT2D eigenvalue weighted by Crippen LogP contribution is 2.24. The van der Waals surface area contributed by atoms with Crippen LogP contribution in [0.25, 0.3) is 0 Å². The first-order valence-corrected chi connectivity index (χ1v) is 9.98. The maximum absolute atomic E-state index is 12.5. The zero-order valence-electron chi connectivity index (χ0n) is 13.3. The number of rotatable bonds is 7. The Bertz CT molecular complexity index is 532. The maximum Gasteiger partial charge on any atom is 0.240 e. The molecule has 0 amide bonds. The molecule has 0 saturated carbocycles. The normalized spacial score (nSPS) is 14.1. The van der Waals surface area contributed by atoms with Crippen LogP contribution >= 0.6 is 15.9 Å². The van der Waals surface area contributed by atoms with Gasteiger partial charge in [0.2, 0.25) is 10.0 Å². The SMILES string of the molecule is CCCc1ccc(S(=O)(=O)NC(CCBr)C(C)(C)C)cc1. The molecule has 1 atom stereocenters. The molecule has 1 unspecified atom stereocenters. The summed E-state index contributed by atoms with van der Waals surface area (Å²) in [5, 5.41) is 0.771. The number of sulfonamides is 1. The van der Waals surface area contributed by atoms with Crippen molar-refractivity contribution in [2.24, 2.45) is 5.41 Å². The average Bonchev–Trinajstić information content (AvgIpc) is 2.38. The van der Waals surface area contributed by atoms with Gasteiger partial charge in [0.25, 0.3) is 0 Å². The van der Waals surface area contributed by atoms with Crippen molar-refractivity contribution in [2.45, 2.75) is 57.9 Å². The molecule has 1 aromatic carbocycles. The monoisotopic (exact) mass is 375 g/mol. The van der Waals surface area contributed by atoms with E-state index in [1.165, 1.54) is 5.56 Å². The molecule has 0 aliphatic carbocycles. The Balaban J connectivity index is 2.93. The van der Waals surface area contributed by atoms with Gasteiger partial charge in [0.1, 0.15) is 0 Å². The molecular weight excluding hydrogens is 350 g/mol. The van der Waals surface area contributed by atoms with Crippen molar-refractivity contribution in [1.82, 2.24) is 4.72 Å². The summed E-state index contributed by atoms with van der Waals surface area (Å²) < 4.78 is 27.9. The molecule has 120 valence electrons. The lowest BCUT2D eigenvalue weighted by Gasteiger charge is -2.30. The Hall–Kier alpha value is -0.390. The first-order chi connectivity index (χ1) is 9.70. The number of nitrogens with one attached hydrogen (secondary N) is 1. The molecule has 0 spiro atoms. The molecule has 1 rings (SSSR count). The van der Waals surface area contributed by atoms with Gasteiger partial charge in [0.05, 0.1) is 4.90 Å². The van der Waals surface area contributed by atoms with Gasteiger partial charge in [-0.2, -0.15) is 0 Å². The van der Waals surface area contributed by atoms with E-state index < -0.39 is 10.0 Å². The quantitative estimate of drug-likeness (QED) is 0.728. The molecule has 0 aromatic heterocycles. The molecule has 3 nitrogen and oxygen atoms in total. The largest absolute Gasteiger partial charge is 0.240 e. The van der Waals surface area contributed by atoms with Crippen LogP contribution in [0.4, 0.5) is 0 Å². The molecule has 0 aliphatic rings. The summed E-state index contributed by atoms with van der Waals surface area (Å²) in [6.07, 6.45) is 2.79. The van der Waals surface area contributed by atoms with Crippen molar-refractivity contribution in [1.29, 1.82) is 0 Å². The third-order valence-electron chi connectivity index (χ3n) is 3.51. The second kappa shape index (κ2) is 7.75. The highest BCUT2D eigenvalue weighted by Gasteiger charge is 2.29. The average molecular weight is 376 g/mol. The van der Waals surface area contributed by atoms with Gasteiger partial charge in [-0.3, -0.25) is 0 Å². The minimum absolute atomic E-state index is 0.0998. The smallest absolute Gasteiger partial charge is 0.208 e. The van der Waals surface area contributed by atoms with Crippen molar-refractivity contribution in [3.05, 3.63) is 29.8 Å². The minimum Gasteiger partial charge on any atom is -0.208 e. The van der Waals surface area contributed by atoms with Crippen molar-refractivity contribution < 1.29 is 8.42 Å². The van der Waals surface area contributed by atoms with Gasteiger partial charge in [-0.05, 0) is 36.0 Å². The van der Waals surface area contributed by atoms with E-state index in [0.29, 0.717) is 4.90 Å². The van der Waals surface area contributed by atoms with Gasteiger partial charge in [-0.1, -0.05) is 62.2 Å². The van der Waals surface area contributed by atoms with Crippen molar-refractivity contribution in [2.75, 3.05) is 5.33 Å². The van der Waals surface area contributed by atoms with E-state index in [1.807, 2.05) is 32.9 Å². The van der Waals surface area contributed by atoms with Crippen LogP contribution in [0.2, 0.25) is 0 Å². The van der Waals surface area contributed by atoms with Crippen LogP contribution in [0.3, 0.4) is 0 Å². The number of hydrogen-bond acceptors (Lipinski definition) is 2. The van der Waals surface area contributed by atoms with Gasteiger partial charge in [0.15, 0.2) is 0 Å². The molecule has 21 heavy (non-hydrogen) atoms. The zero-order chi connectivity index (χ0) is 16.1. The molecule has 0 heterocycles. The van der Waals surface area contributed by atoms with Gasteiger partial charge in [0, 0.05) is 11.4 Å². The molecule has 0 bridgehead atoms. The number of hydrogen-bond donors (Lipinski definition) is 1. The maximum atomic E-state index is 12.5. The van der Waals surface area contributed by atoms with E-state index in [0.717, 1.165) is 24.6 Å². The summed E-state index contributed by atoms with van der Waals surface area (Å²) in [5.41, 5.74) is 1.05. The lowest BCUT2D eigenvalue weighted by molar-refractivity contribution is 0.293. The Labute approximate surface area is 137 Å². The number of benzene rings is 1. The van der Waals surface area contributed by atoms with Crippen LogP contribution in [0.5, 0.6) is 0 Å². The molecule has 0 aliphatic heterocycles. The van der Waals surface area contributed by atoms with Crippen LogP contribution in [-0.4, -0.2) is 19.8 Å². The van der Waals surface area contributed by atoms with Crippen LogP contribution in [-0.2, 0) is 16.4 Å². The summed E-state index contributed by atoms with van der Waals surface area (Å²) in [4.78, 5) is 0.339. The second-order valence-electron chi connectivity index (χ2n) is 6.41. The minimum atomic E-state index is -3.47. The number of aryl methyl sites for hydroxylation is 1. The lowest BCUT2D eigenvalue weighted by Crippen LogP contribution is -2.43. The van der Waals surface area contributed by atoms with Gasteiger partial charge in [-0.25, -0.2) is 13.1 Å². The lowest BCUT2D eigenvalue weighted by atomic mass is 9.86. The standard InChI is InChI=1S/C16H26BrNO2S/c1-5-6-13-7-9-14(10-8-13)21(19,20)18-15(11-12-17)16(2,3)4/h7-10,15,18H,5-6,11-12H2,1-4H3. The van der Waals surface area contributed by atoms with Crippen LogP contribution < -0.4 is 4.72 Å². The topological polar surface area (TPSA) is 46.2 Å². The molecule has 0 radical (unpaired) electrons. The zero-order valence-corrected chi connectivity index (χ0v) is 15.7. The first kappa shape index (κ1) is 18.7. The van der Waals surface area contributed by atoms with Gasteiger partial charge >= 0.3 is 0 Å². The van der Waals surface area contributed by atoms with Crippen LogP contribution in [0.1, 0.15) is 46.1 Å². The van der Waals surface area contributed by atoms with E-state index in [9.17, 15) is 8.42 Å². The number of halogens is 1. The summed E-state index contributed by atoms with van der Waals surface area (Å²) >= 11 is 3.40. The summed E-state index contributed by atoms with van der Waals surface area (Å²) in [6.45, 7) is 8.26. The Morgan fingerprint density at radius 2 is 1.76 bits per heavy atom. The van der Waals surface area contributed by atoms with E-state index in [1.54, 1.807) is 12.1 Å². The second-order valence-corrected chi connectivity index (χ2v) is 8.92. The molecule has 1 aromatic rings. The third kappa shape index (κ3) is 5.72. The molecule has 1 N–H and O–H groups in total. The fourth-order valence-electron chi connectivity index (χ4n) is 2.16. The van der Waals surface area contributed by atoms with Crippen molar-refractivity contribution in [3.63, 3.8) is 0 Å². The van der Waals surface area contributed by atoms with E-state index in [4.69, 9.17) is 0 Å². The summed E-state index contributed by atoms with van der Waals surface area (Å²) in [7, 11) is -3.47. The number of alkyl halides is 1. The predicted octanol–water partition coefficient (Wildman–Crippen LogP) is 4.12. The van der Waals surface area contributed by atoms with E-state index >= 15 is 0 Å². The fraction of sp³-hybridized carbons (Fsp3) is 0.625. The molecular formula is C16H26BrNO2S. The fourth-order valence-corrected chi connectivity index (χ4v) is 4.09. The Morgan fingerprint density at radius 3 is 2.19 bits per heavy atom. The highest BCUT2D eigenvalue weighted by molar-refractivity contribution is 9.09. The Morgan fingerprint density at radius 1 is 1.19 bits per heavy atom. The Kier molecular flexibility index (Phi) is 6.88.